The second-order valence-corrected chi connectivity index (χ2v) is 10.2. The molecule has 0 aliphatic heterocycles. The van der Waals surface area contributed by atoms with Gasteiger partial charge >= 0.3 is 11.6 Å². The van der Waals surface area contributed by atoms with Gasteiger partial charge in [0, 0.05) is 5.56 Å². The largest absolute Gasteiger partial charge is 0.489 e. The van der Waals surface area contributed by atoms with Gasteiger partial charge < -0.3 is 13.9 Å². The Kier molecular flexibility index (Phi) is 7.01. The summed E-state index contributed by atoms with van der Waals surface area (Å²) in [4.78, 5) is 24.6. The summed E-state index contributed by atoms with van der Waals surface area (Å²) in [6, 6.07) is 23.3. The van der Waals surface area contributed by atoms with Crippen LogP contribution >= 0.6 is 0 Å². The lowest BCUT2D eigenvalue weighted by Crippen LogP contribution is -2.14. The Morgan fingerprint density at radius 1 is 0.974 bits per heavy atom. The quantitative estimate of drug-likeness (QED) is 0.176. The minimum atomic E-state index is -3.86. The van der Waals surface area contributed by atoms with Gasteiger partial charge in [0.2, 0.25) is 10.0 Å². The molecule has 10 nitrogen and oxygen atoms in total. The summed E-state index contributed by atoms with van der Waals surface area (Å²) in [5, 5.41) is 10.3. The maximum Gasteiger partial charge on any atom is 0.358 e. The number of hydrogen-bond donors (Lipinski definition) is 1. The van der Waals surface area contributed by atoms with Crippen LogP contribution in [0.1, 0.15) is 16.1 Å². The zero-order valence-corrected chi connectivity index (χ0v) is 21.6. The van der Waals surface area contributed by atoms with Gasteiger partial charge in [0.15, 0.2) is 5.69 Å². The van der Waals surface area contributed by atoms with E-state index in [0.717, 1.165) is 11.1 Å². The van der Waals surface area contributed by atoms with Gasteiger partial charge in [-0.3, -0.25) is 0 Å². The summed E-state index contributed by atoms with van der Waals surface area (Å²) in [5.74, 6) is -0.351. The number of para-hydroxylation sites is 1. The van der Waals surface area contributed by atoms with E-state index in [1.807, 2.05) is 31.2 Å². The molecule has 0 bridgehead atoms. The van der Waals surface area contributed by atoms with Crippen LogP contribution in [-0.2, 0) is 14.8 Å². The molecule has 0 spiro atoms. The van der Waals surface area contributed by atoms with Crippen LogP contribution in [0, 0.1) is 6.92 Å². The molecule has 0 saturated carbocycles. The monoisotopic (exact) mass is 545 g/mol. The topological polar surface area (TPSA) is 144 Å². The lowest BCUT2D eigenvalue weighted by molar-refractivity contribution is 0.0443. The molecule has 3 aromatic carbocycles. The Hall–Kier alpha value is -4.74. The highest BCUT2D eigenvalue weighted by atomic mass is 32.2. The van der Waals surface area contributed by atoms with Crippen molar-refractivity contribution in [1.29, 1.82) is 0 Å². The molecule has 39 heavy (non-hydrogen) atoms. The highest BCUT2D eigenvalue weighted by Crippen LogP contribution is 2.26. The number of benzene rings is 3. The van der Waals surface area contributed by atoms with Gasteiger partial charge in [-0.25, -0.2) is 27.8 Å². The first-order chi connectivity index (χ1) is 18.7. The second-order valence-electron chi connectivity index (χ2n) is 8.64. The number of sulfonamides is 1. The number of primary sulfonamides is 1. The molecule has 0 fully saturated rings. The SMILES string of the molecule is Cc1ccc(-c2cc(C(=O)OCCOc3cc(=O)oc4ccccc34)nn2-c2ccc(S(N)(=O)=O)cc2)cc1. The number of carbonyl (C=O) groups is 1. The Labute approximate surface area is 223 Å². The number of nitrogens with zero attached hydrogens (tertiary/aromatic N) is 2. The summed E-state index contributed by atoms with van der Waals surface area (Å²) < 4.78 is 41.1. The third kappa shape index (κ3) is 5.74. The summed E-state index contributed by atoms with van der Waals surface area (Å²) in [5.41, 5.74) is 2.87. The number of hydrogen-bond acceptors (Lipinski definition) is 8. The first-order valence-corrected chi connectivity index (χ1v) is 13.4. The molecule has 198 valence electrons. The Morgan fingerprint density at radius 3 is 2.41 bits per heavy atom. The fraction of sp³-hybridized carbons (Fsp3) is 0.107. The van der Waals surface area contributed by atoms with E-state index in [1.165, 1.54) is 22.9 Å². The molecule has 0 aliphatic rings. The van der Waals surface area contributed by atoms with Crippen LogP contribution in [0.2, 0.25) is 0 Å². The van der Waals surface area contributed by atoms with Crippen LogP contribution in [-0.4, -0.2) is 37.4 Å². The summed E-state index contributed by atoms with van der Waals surface area (Å²) in [6.45, 7) is 1.87. The summed E-state index contributed by atoms with van der Waals surface area (Å²) >= 11 is 0. The lowest BCUT2D eigenvalue weighted by atomic mass is 10.1. The molecule has 11 heteroatoms. The number of esters is 1. The highest BCUT2D eigenvalue weighted by Gasteiger charge is 2.19. The van der Waals surface area contributed by atoms with E-state index in [1.54, 1.807) is 42.5 Å². The fourth-order valence-electron chi connectivity index (χ4n) is 3.95. The number of aromatic nitrogens is 2. The first-order valence-electron chi connectivity index (χ1n) is 11.8. The maximum atomic E-state index is 12.9. The van der Waals surface area contributed by atoms with Crippen molar-refractivity contribution in [3.05, 3.63) is 107 Å². The van der Waals surface area contributed by atoms with Crippen molar-refractivity contribution in [2.45, 2.75) is 11.8 Å². The van der Waals surface area contributed by atoms with E-state index in [-0.39, 0.29) is 23.8 Å². The van der Waals surface area contributed by atoms with Gasteiger partial charge in [0.1, 0.15) is 24.5 Å². The van der Waals surface area contributed by atoms with Gasteiger partial charge in [-0.05, 0) is 49.4 Å². The van der Waals surface area contributed by atoms with Crippen LogP contribution in [0.4, 0.5) is 0 Å². The average molecular weight is 546 g/mol. The van der Waals surface area contributed by atoms with Crippen molar-refractivity contribution < 1.29 is 27.1 Å². The third-order valence-corrected chi connectivity index (χ3v) is 6.79. The smallest absolute Gasteiger partial charge is 0.358 e. The molecule has 0 aliphatic carbocycles. The standard InChI is InChI=1S/C28H23N3O7S/c1-18-6-8-19(9-7-18)24-16-23(30-31(24)20-10-12-21(13-11-20)39(29,34)35)28(33)37-15-14-36-26-17-27(32)38-25-5-3-2-4-22(25)26/h2-13,16-17H,14-15H2,1H3,(H2,29,34,35). The van der Waals surface area contributed by atoms with Crippen LogP contribution in [0.15, 0.2) is 99.0 Å². The Balaban J connectivity index is 1.36. The van der Waals surface area contributed by atoms with E-state index in [4.69, 9.17) is 19.0 Å². The van der Waals surface area contributed by atoms with Crippen molar-refractivity contribution in [1.82, 2.24) is 9.78 Å². The van der Waals surface area contributed by atoms with Crippen LogP contribution in [0.25, 0.3) is 27.9 Å². The molecular weight excluding hydrogens is 522 g/mol. The van der Waals surface area contributed by atoms with Crippen LogP contribution < -0.4 is 15.5 Å². The first kappa shape index (κ1) is 25.9. The maximum absolute atomic E-state index is 12.9. The molecule has 2 aromatic heterocycles. The molecule has 0 atom stereocenters. The fourth-order valence-corrected chi connectivity index (χ4v) is 4.46. The number of fused-ring (bicyclic) bond motifs is 1. The second kappa shape index (κ2) is 10.6. The Morgan fingerprint density at radius 2 is 1.69 bits per heavy atom. The molecular formula is C28H23N3O7S. The minimum Gasteiger partial charge on any atom is -0.489 e. The van der Waals surface area contributed by atoms with E-state index >= 15 is 0 Å². The number of nitrogens with two attached hydrogens (primary N) is 1. The number of carbonyl (C=O) groups excluding carboxylic acids is 1. The van der Waals surface area contributed by atoms with Gasteiger partial charge in [-0.1, -0.05) is 42.0 Å². The number of ether oxygens (including phenoxy) is 2. The molecule has 0 radical (unpaired) electrons. The van der Waals surface area contributed by atoms with Crippen LogP contribution in [0.5, 0.6) is 5.75 Å². The predicted octanol–water partition coefficient (Wildman–Crippen LogP) is 3.84. The van der Waals surface area contributed by atoms with Crippen molar-refractivity contribution in [2.24, 2.45) is 5.14 Å². The summed E-state index contributed by atoms with van der Waals surface area (Å²) in [7, 11) is -3.86. The highest BCUT2D eigenvalue weighted by molar-refractivity contribution is 7.89. The van der Waals surface area contributed by atoms with Gasteiger partial charge in [0.05, 0.1) is 27.7 Å². The Bertz CT molecular complexity index is 1820. The van der Waals surface area contributed by atoms with Crippen molar-refractivity contribution >= 4 is 27.0 Å². The third-order valence-electron chi connectivity index (χ3n) is 5.86. The zero-order valence-electron chi connectivity index (χ0n) is 20.7. The average Bonchev–Trinajstić information content (AvgIpc) is 3.36. The van der Waals surface area contributed by atoms with Crippen LogP contribution in [0.3, 0.4) is 0 Å². The molecule has 2 heterocycles. The molecule has 0 saturated heterocycles. The van der Waals surface area contributed by atoms with E-state index in [9.17, 15) is 18.0 Å². The van der Waals surface area contributed by atoms with E-state index < -0.39 is 21.6 Å². The van der Waals surface area contributed by atoms with E-state index in [0.29, 0.717) is 28.1 Å². The number of aryl methyl sites for hydroxylation is 1. The van der Waals surface area contributed by atoms with Gasteiger partial charge in [-0.15, -0.1) is 0 Å². The minimum absolute atomic E-state index is 0.000258. The lowest BCUT2D eigenvalue weighted by Gasteiger charge is -2.09. The van der Waals surface area contributed by atoms with Gasteiger partial charge in [0.25, 0.3) is 0 Å². The summed E-state index contributed by atoms with van der Waals surface area (Å²) in [6.07, 6.45) is 0. The van der Waals surface area contributed by atoms with Crippen molar-refractivity contribution in [3.63, 3.8) is 0 Å². The normalized spacial score (nSPS) is 11.4. The van der Waals surface area contributed by atoms with E-state index in [2.05, 4.69) is 5.10 Å². The molecule has 5 rings (SSSR count). The molecule has 0 amide bonds. The molecule has 2 N–H and O–H groups in total. The van der Waals surface area contributed by atoms with Crippen molar-refractivity contribution in [2.75, 3.05) is 13.2 Å². The number of rotatable bonds is 8. The zero-order chi connectivity index (χ0) is 27.6. The molecule has 0 unspecified atom stereocenters. The van der Waals surface area contributed by atoms with Crippen molar-refractivity contribution in [3.8, 4) is 22.7 Å². The molecule has 5 aromatic rings. The van der Waals surface area contributed by atoms with Gasteiger partial charge in [-0.2, -0.15) is 5.10 Å². The predicted molar refractivity (Wildman–Crippen MR) is 143 cm³/mol.